The molecule has 1 N–H and O–H groups in total. The standard InChI is InChI=1S/C11H24N2O/c1-3-9-14-10-8-13(2)11-4-6-12-7-5-11/h11-12H,3-10H2,1-2H3. The average molecular weight is 200 g/mol. The van der Waals surface area contributed by atoms with Crippen molar-refractivity contribution in [3.05, 3.63) is 0 Å². The lowest BCUT2D eigenvalue weighted by Gasteiger charge is -2.31. The van der Waals surface area contributed by atoms with Crippen LogP contribution in [-0.4, -0.2) is 50.8 Å². The molecule has 1 saturated heterocycles. The van der Waals surface area contributed by atoms with Crippen molar-refractivity contribution in [1.29, 1.82) is 0 Å². The van der Waals surface area contributed by atoms with Gasteiger partial charge < -0.3 is 15.0 Å². The second-order valence-corrected chi connectivity index (χ2v) is 4.07. The van der Waals surface area contributed by atoms with E-state index in [1.54, 1.807) is 0 Å². The van der Waals surface area contributed by atoms with Gasteiger partial charge in [-0.15, -0.1) is 0 Å². The molecule has 0 spiro atoms. The maximum atomic E-state index is 5.49. The van der Waals surface area contributed by atoms with Crippen molar-refractivity contribution in [3.8, 4) is 0 Å². The van der Waals surface area contributed by atoms with Gasteiger partial charge in [-0.25, -0.2) is 0 Å². The lowest BCUT2D eigenvalue weighted by Crippen LogP contribution is -2.42. The molecule has 1 heterocycles. The summed E-state index contributed by atoms with van der Waals surface area (Å²) in [6.45, 7) is 7.35. The highest BCUT2D eigenvalue weighted by Gasteiger charge is 2.16. The maximum absolute atomic E-state index is 5.49. The number of piperidine rings is 1. The molecule has 0 atom stereocenters. The largest absolute Gasteiger partial charge is 0.380 e. The fraction of sp³-hybridized carbons (Fsp3) is 1.00. The number of rotatable bonds is 6. The van der Waals surface area contributed by atoms with Crippen LogP contribution in [0.15, 0.2) is 0 Å². The first-order valence-electron chi connectivity index (χ1n) is 5.83. The van der Waals surface area contributed by atoms with Crippen molar-refractivity contribution in [1.82, 2.24) is 10.2 Å². The molecule has 1 rings (SSSR count). The Morgan fingerprint density at radius 3 is 2.64 bits per heavy atom. The first-order chi connectivity index (χ1) is 6.84. The minimum absolute atomic E-state index is 0.765. The molecule has 1 aliphatic rings. The highest BCUT2D eigenvalue weighted by molar-refractivity contribution is 4.75. The Hall–Kier alpha value is -0.120. The summed E-state index contributed by atoms with van der Waals surface area (Å²) in [5.74, 6) is 0. The molecular formula is C11H24N2O. The lowest BCUT2D eigenvalue weighted by atomic mass is 10.1. The van der Waals surface area contributed by atoms with Crippen LogP contribution in [0.5, 0.6) is 0 Å². The molecule has 84 valence electrons. The van der Waals surface area contributed by atoms with Gasteiger partial charge in [0, 0.05) is 19.2 Å². The second kappa shape index (κ2) is 7.21. The van der Waals surface area contributed by atoms with Crippen LogP contribution in [0.3, 0.4) is 0 Å². The van der Waals surface area contributed by atoms with Gasteiger partial charge in [-0.05, 0) is 39.4 Å². The first-order valence-corrected chi connectivity index (χ1v) is 5.83. The third-order valence-corrected chi connectivity index (χ3v) is 2.87. The van der Waals surface area contributed by atoms with E-state index < -0.39 is 0 Å². The molecular weight excluding hydrogens is 176 g/mol. The zero-order chi connectivity index (χ0) is 10.2. The van der Waals surface area contributed by atoms with Crippen LogP contribution in [0.2, 0.25) is 0 Å². The smallest absolute Gasteiger partial charge is 0.0593 e. The monoisotopic (exact) mass is 200 g/mol. The summed E-state index contributed by atoms with van der Waals surface area (Å²) in [5.41, 5.74) is 0. The Morgan fingerprint density at radius 1 is 1.29 bits per heavy atom. The third kappa shape index (κ3) is 4.40. The van der Waals surface area contributed by atoms with E-state index in [0.717, 1.165) is 32.2 Å². The predicted octanol–water partition coefficient (Wildman–Crippen LogP) is 1.10. The van der Waals surface area contributed by atoms with Gasteiger partial charge >= 0.3 is 0 Å². The topological polar surface area (TPSA) is 24.5 Å². The molecule has 3 nitrogen and oxygen atoms in total. The highest BCUT2D eigenvalue weighted by Crippen LogP contribution is 2.08. The minimum Gasteiger partial charge on any atom is -0.380 e. The van der Waals surface area contributed by atoms with Crippen molar-refractivity contribution < 1.29 is 4.74 Å². The normalized spacial score (nSPS) is 19.1. The van der Waals surface area contributed by atoms with E-state index in [2.05, 4.69) is 24.2 Å². The predicted molar refractivity (Wildman–Crippen MR) is 59.6 cm³/mol. The van der Waals surface area contributed by atoms with E-state index in [0.29, 0.717) is 0 Å². The van der Waals surface area contributed by atoms with Gasteiger partial charge in [-0.2, -0.15) is 0 Å². The highest BCUT2D eigenvalue weighted by atomic mass is 16.5. The van der Waals surface area contributed by atoms with Gasteiger partial charge in [0.05, 0.1) is 6.61 Å². The van der Waals surface area contributed by atoms with Crippen molar-refractivity contribution >= 4 is 0 Å². The Labute approximate surface area is 87.8 Å². The third-order valence-electron chi connectivity index (χ3n) is 2.87. The van der Waals surface area contributed by atoms with Gasteiger partial charge in [0.2, 0.25) is 0 Å². The van der Waals surface area contributed by atoms with Crippen LogP contribution in [0, 0.1) is 0 Å². The van der Waals surface area contributed by atoms with E-state index in [-0.39, 0.29) is 0 Å². The quantitative estimate of drug-likeness (QED) is 0.650. The van der Waals surface area contributed by atoms with Crippen LogP contribution in [0.1, 0.15) is 26.2 Å². The van der Waals surface area contributed by atoms with Gasteiger partial charge in [0.25, 0.3) is 0 Å². The summed E-state index contributed by atoms with van der Waals surface area (Å²) in [4.78, 5) is 2.44. The number of likely N-dealkylation sites (N-methyl/N-ethyl adjacent to an activating group) is 1. The summed E-state index contributed by atoms with van der Waals surface area (Å²) in [6.07, 6.45) is 3.69. The number of hydrogen-bond donors (Lipinski definition) is 1. The van der Waals surface area contributed by atoms with Crippen LogP contribution < -0.4 is 5.32 Å². The van der Waals surface area contributed by atoms with Crippen molar-refractivity contribution in [2.45, 2.75) is 32.2 Å². The van der Waals surface area contributed by atoms with Gasteiger partial charge in [0.1, 0.15) is 0 Å². The molecule has 14 heavy (non-hydrogen) atoms. The van der Waals surface area contributed by atoms with Gasteiger partial charge in [0.15, 0.2) is 0 Å². The number of hydrogen-bond acceptors (Lipinski definition) is 3. The minimum atomic E-state index is 0.765. The maximum Gasteiger partial charge on any atom is 0.0593 e. The van der Waals surface area contributed by atoms with E-state index in [4.69, 9.17) is 4.74 Å². The zero-order valence-electron chi connectivity index (χ0n) is 9.59. The number of nitrogens with zero attached hydrogens (tertiary/aromatic N) is 1. The number of ether oxygens (including phenoxy) is 1. The summed E-state index contributed by atoms with van der Waals surface area (Å²) >= 11 is 0. The fourth-order valence-electron chi connectivity index (χ4n) is 1.88. The average Bonchev–Trinajstić information content (AvgIpc) is 2.25. The van der Waals surface area contributed by atoms with E-state index >= 15 is 0 Å². The van der Waals surface area contributed by atoms with E-state index in [1.165, 1.54) is 25.9 Å². The van der Waals surface area contributed by atoms with Crippen molar-refractivity contribution in [2.24, 2.45) is 0 Å². The molecule has 0 unspecified atom stereocenters. The van der Waals surface area contributed by atoms with Gasteiger partial charge in [-0.1, -0.05) is 6.92 Å². The lowest BCUT2D eigenvalue weighted by molar-refractivity contribution is 0.0918. The molecule has 0 aromatic heterocycles. The second-order valence-electron chi connectivity index (χ2n) is 4.07. The molecule has 0 radical (unpaired) electrons. The Balaban J connectivity index is 2.04. The molecule has 0 amide bonds. The fourth-order valence-corrected chi connectivity index (χ4v) is 1.88. The van der Waals surface area contributed by atoms with Crippen LogP contribution >= 0.6 is 0 Å². The van der Waals surface area contributed by atoms with E-state index in [9.17, 15) is 0 Å². The molecule has 0 saturated carbocycles. The van der Waals surface area contributed by atoms with Crippen molar-refractivity contribution in [3.63, 3.8) is 0 Å². The summed E-state index contributed by atoms with van der Waals surface area (Å²) in [7, 11) is 2.21. The molecule has 0 bridgehead atoms. The molecule has 0 aliphatic carbocycles. The first kappa shape index (κ1) is 12.0. The van der Waals surface area contributed by atoms with Crippen molar-refractivity contribution in [2.75, 3.05) is 39.9 Å². The zero-order valence-corrected chi connectivity index (χ0v) is 9.59. The van der Waals surface area contributed by atoms with E-state index in [1.807, 2.05) is 0 Å². The van der Waals surface area contributed by atoms with Gasteiger partial charge in [-0.3, -0.25) is 0 Å². The molecule has 1 fully saturated rings. The van der Waals surface area contributed by atoms with Crippen LogP contribution in [0.4, 0.5) is 0 Å². The number of nitrogens with one attached hydrogen (secondary N) is 1. The molecule has 0 aromatic rings. The SMILES string of the molecule is CCCOCCN(C)C1CCNCC1. The van der Waals surface area contributed by atoms with Crippen LogP contribution in [0.25, 0.3) is 0 Å². The molecule has 3 heteroatoms. The Bertz CT molecular complexity index is 135. The molecule has 1 aliphatic heterocycles. The summed E-state index contributed by atoms with van der Waals surface area (Å²) < 4.78 is 5.49. The Morgan fingerprint density at radius 2 is 2.00 bits per heavy atom. The van der Waals surface area contributed by atoms with Crippen LogP contribution in [-0.2, 0) is 4.74 Å². The molecule has 0 aromatic carbocycles. The summed E-state index contributed by atoms with van der Waals surface area (Å²) in [5, 5.41) is 3.39. The summed E-state index contributed by atoms with van der Waals surface area (Å²) in [6, 6.07) is 0.765. The Kier molecular flexibility index (Phi) is 6.15.